The number of ether oxygens (including phenoxy) is 1. The van der Waals surface area contributed by atoms with Gasteiger partial charge in [-0.3, -0.25) is 14.4 Å². The third-order valence-corrected chi connectivity index (χ3v) is 6.15. The van der Waals surface area contributed by atoms with Crippen molar-refractivity contribution in [1.29, 1.82) is 0 Å². The molecule has 1 saturated heterocycles. The predicted molar refractivity (Wildman–Crippen MR) is 135 cm³/mol. The molecule has 180 valence electrons. The van der Waals surface area contributed by atoms with Crippen LogP contribution in [0.4, 0.5) is 11.4 Å². The summed E-state index contributed by atoms with van der Waals surface area (Å²) in [5, 5.41) is 5.78. The number of nitrogens with one attached hydrogen (secondary N) is 2. The van der Waals surface area contributed by atoms with E-state index in [9.17, 15) is 14.4 Å². The Morgan fingerprint density at radius 2 is 1.63 bits per heavy atom. The van der Waals surface area contributed by atoms with Gasteiger partial charge in [-0.1, -0.05) is 42.5 Å². The molecular formula is C28H29N3O4. The van der Waals surface area contributed by atoms with Crippen molar-refractivity contribution in [2.75, 3.05) is 23.4 Å². The molecule has 1 fully saturated rings. The van der Waals surface area contributed by atoms with Crippen LogP contribution in [0.3, 0.4) is 0 Å². The molecule has 0 bridgehead atoms. The van der Waals surface area contributed by atoms with Gasteiger partial charge in [0.2, 0.25) is 11.8 Å². The second-order valence-electron chi connectivity index (χ2n) is 8.70. The van der Waals surface area contributed by atoms with Gasteiger partial charge in [0.25, 0.3) is 5.91 Å². The monoisotopic (exact) mass is 471 g/mol. The van der Waals surface area contributed by atoms with Crippen LogP contribution in [-0.4, -0.2) is 30.9 Å². The Kier molecular flexibility index (Phi) is 7.45. The average molecular weight is 472 g/mol. The van der Waals surface area contributed by atoms with Crippen molar-refractivity contribution in [2.24, 2.45) is 5.92 Å². The molecule has 7 nitrogen and oxygen atoms in total. The number of carbonyl (C=O) groups excluding carboxylic acids is 3. The number of nitrogens with zero attached hydrogens (tertiary/aromatic N) is 1. The van der Waals surface area contributed by atoms with Gasteiger partial charge < -0.3 is 20.3 Å². The zero-order valence-corrected chi connectivity index (χ0v) is 19.9. The molecule has 0 radical (unpaired) electrons. The molecule has 4 rings (SSSR count). The van der Waals surface area contributed by atoms with Gasteiger partial charge in [0, 0.05) is 30.9 Å². The topological polar surface area (TPSA) is 87.7 Å². The van der Waals surface area contributed by atoms with Gasteiger partial charge in [0.1, 0.15) is 5.75 Å². The normalized spacial score (nSPS) is 15.1. The number of rotatable bonds is 8. The Labute approximate surface area is 205 Å². The maximum Gasteiger partial charge on any atom is 0.262 e. The fraction of sp³-hybridized carbons (Fsp3) is 0.250. The Morgan fingerprint density at radius 3 is 2.34 bits per heavy atom. The SMILES string of the molecule is Cc1ccccc1CNC(=O)[C@H]1CC(=O)N(c2ccc(OCC(=O)Nc3ccccc3C)cc2)C1. The molecule has 1 heterocycles. The number of para-hydroxylation sites is 1. The Morgan fingerprint density at radius 1 is 0.943 bits per heavy atom. The van der Waals surface area contributed by atoms with Crippen LogP contribution in [-0.2, 0) is 20.9 Å². The molecule has 1 atom stereocenters. The summed E-state index contributed by atoms with van der Waals surface area (Å²) in [7, 11) is 0. The number of benzene rings is 3. The number of hydrogen-bond acceptors (Lipinski definition) is 4. The van der Waals surface area contributed by atoms with Gasteiger partial charge in [-0.2, -0.15) is 0 Å². The molecule has 3 aromatic rings. The fourth-order valence-corrected chi connectivity index (χ4v) is 4.04. The first kappa shape index (κ1) is 24.0. The molecule has 35 heavy (non-hydrogen) atoms. The van der Waals surface area contributed by atoms with E-state index in [-0.39, 0.29) is 30.7 Å². The highest BCUT2D eigenvalue weighted by Crippen LogP contribution is 2.27. The lowest BCUT2D eigenvalue weighted by atomic mass is 10.1. The zero-order valence-electron chi connectivity index (χ0n) is 19.9. The van der Waals surface area contributed by atoms with E-state index in [2.05, 4.69) is 10.6 Å². The van der Waals surface area contributed by atoms with Crippen LogP contribution in [0.15, 0.2) is 72.8 Å². The predicted octanol–water partition coefficient (Wildman–Crippen LogP) is 3.99. The van der Waals surface area contributed by atoms with Crippen LogP contribution in [0.5, 0.6) is 5.75 Å². The first-order chi connectivity index (χ1) is 16.9. The molecule has 1 aliphatic heterocycles. The van der Waals surface area contributed by atoms with Crippen LogP contribution in [0.2, 0.25) is 0 Å². The quantitative estimate of drug-likeness (QED) is 0.520. The highest BCUT2D eigenvalue weighted by atomic mass is 16.5. The molecule has 7 heteroatoms. The molecule has 0 spiro atoms. The minimum absolute atomic E-state index is 0.0904. The van der Waals surface area contributed by atoms with Crippen LogP contribution >= 0.6 is 0 Å². The summed E-state index contributed by atoms with van der Waals surface area (Å²) in [6, 6.07) is 22.4. The lowest BCUT2D eigenvalue weighted by molar-refractivity contribution is -0.126. The second-order valence-corrected chi connectivity index (χ2v) is 8.70. The van der Waals surface area contributed by atoms with Crippen LogP contribution < -0.4 is 20.3 Å². The Hall–Kier alpha value is -4.13. The summed E-state index contributed by atoms with van der Waals surface area (Å²) in [4.78, 5) is 39.1. The van der Waals surface area contributed by atoms with E-state index in [0.29, 0.717) is 24.5 Å². The van der Waals surface area contributed by atoms with Gasteiger partial charge >= 0.3 is 0 Å². The zero-order chi connectivity index (χ0) is 24.8. The molecular weight excluding hydrogens is 442 g/mol. The third-order valence-electron chi connectivity index (χ3n) is 6.15. The van der Waals surface area contributed by atoms with Crippen molar-refractivity contribution in [2.45, 2.75) is 26.8 Å². The van der Waals surface area contributed by atoms with Crippen molar-refractivity contribution in [3.63, 3.8) is 0 Å². The highest BCUT2D eigenvalue weighted by Gasteiger charge is 2.35. The molecule has 0 unspecified atom stereocenters. The van der Waals surface area contributed by atoms with E-state index in [0.717, 1.165) is 22.4 Å². The Bertz CT molecular complexity index is 1220. The van der Waals surface area contributed by atoms with Crippen molar-refractivity contribution in [3.8, 4) is 5.75 Å². The molecule has 3 amide bonds. The standard InChI is InChI=1S/C28H29N3O4/c1-19-7-3-5-9-21(19)16-29-28(34)22-15-27(33)31(17-22)23-11-13-24(14-12-23)35-18-26(32)30-25-10-6-4-8-20(25)2/h3-14,22H,15-18H2,1-2H3,(H,29,34)(H,30,32)/t22-/m0/s1. The van der Waals surface area contributed by atoms with E-state index in [1.807, 2.05) is 62.4 Å². The summed E-state index contributed by atoms with van der Waals surface area (Å²) < 4.78 is 5.59. The Balaban J connectivity index is 1.28. The van der Waals surface area contributed by atoms with Crippen molar-refractivity contribution in [3.05, 3.63) is 89.5 Å². The fourth-order valence-electron chi connectivity index (χ4n) is 4.04. The molecule has 0 aromatic heterocycles. The summed E-state index contributed by atoms with van der Waals surface area (Å²) in [5.41, 5.74) is 4.60. The van der Waals surface area contributed by atoms with Crippen molar-refractivity contribution in [1.82, 2.24) is 5.32 Å². The van der Waals surface area contributed by atoms with E-state index >= 15 is 0 Å². The molecule has 0 saturated carbocycles. The minimum Gasteiger partial charge on any atom is -0.484 e. The van der Waals surface area contributed by atoms with E-state index in [1.54, 1.807) is 29.2 Å². The van der Waals surface area contributed by atoms with E-state index in [4.69, 9.17) is 4.74 Å². The van der Waals surface area contributed by atoms with Crippen molar-refractivity contribution >= 4 is 29.1 Å². The smallest absolute Gasteiger partial charge is 0.262 e. The summed E-state index contributed by atoms with van der Waals surface area (Å²) in [6.45, 7) is 4.58. The number of anilines is 2. The lowest BCUT2D eigenvalue weighted by Gasteiger charge is -2.17. The van der Waals surface area contributed by atoms with E-state index in [1.165, 1.54) is 0 Å². The number of amides is 3. The lowest BCUT2D eigenvalue weighted by Crippen LogP contribution is -2.32. The maximum absolute atomic E-state index is 12.7. The number of carbonyl (C=O) groups is 3. The van der Waals surface area contributed by atoms with E-state index < -0.39 is 5.92 Å². The molecule has 1 aliphatic rings. The summed E-state index contributed by atoms with van der Waals surface area (Å²) in [5.74, 6) is -0.339. The van der Waals surface area contributed by atoms with Gasteiger partial charge in [0.05, 0.1) is 5.92 Å². The van der Waals surface area contributed by atoms with Gasteiger partial charge in [-0.25, -0.2) is 0 Å². The first-order valence-corrected chi connectivity index (χ1v) is 11.6. The molecule has 3 aromatic carbocycles. The number of hydrogen-bond donors (Lipinski definition) is 2. The number of aryl methyl sites for hydroxylation is 2. The minimum atomic E-state index is -0.396. The molecule has 2 N–H and O–H groups in total. The van der Waals surface area contributed by atoms with Crippen LogP contribution in [0.25, 0.3) is 0 Å². The van der Waals surface area contributed by atoms with Gasteiger partial charge in [-0.05, 0) is 60.9 Å². The molecule has 0 aliphatic carbocycles. The van der Waals surface area contributed by atoms with Crippen LogP contribution in [0.1, 0.15) is 23.1 Å². The highest BCUT2D eigenvalue weighted by molar-refractivity contribution is 6.00. The first-order valence-electron chi connectivity index (χ1n) is 11.6. The van der Waals surface area contributed by atoms with Crippen molar-refractivity contribution < 1.29 is 19.1 Å². The maximum atomic E-state index is 12.7. The summed E-state index contributed by atoms with van der Waals surface area (Å²) >= 11 is 0. The summed E-state index contributed by atoms with van der Waals surface area (Å²) in [6.07, 6.45) is 0.178. The van der Waals surface area contributed by atoms with Gasteiger partial charge in [-0.15, -0.1) is 0 Å². The second kappa shape index (κ2) is 10.9. The average Bonchev–Trinajstić information content (AvgIpc) is 3.25. The largest absolute Gasteiger partial charge is 0.484 e. The third kappa shape index (κ3) is 6.06. The van der Waals surface area contributed by atoms with Gasteiger partial charge in [0.15, 0.2) is 6.61 Å². The van der Waals surface area contributed by atoms with Crippen LogP contribution in [0, 0.1) is 19.8 Å².